The van der Waals surface area contributed by atoms with E-state index in [-0.39, 0.29) is 36.0 Å². The molecule has 0 unspecified atom stereocenters. The fraction of sp³-hybridized carbons (Fsp3) is 0.462. The molecule has 1 aromatic carbocycles. The molecule has 4 nitrogen and oxygen atoms in total. The van der Waals surface area contributed by atoms with Crippen molar-refractivity contribution >= 4 is 24.0 Å². The van der Waals surface area contributed by atoms with Crippen LogP contribution in [-0.4, -0.2) is 24.6 Å². The van der Waals surface area contributed by atoms with Crippen LogP contribution in [0.1, 0.15) is 26.3 Å². The number of aromatic hydroxyl groups is 1. The van der Waals surface area contributed by atoms with Gasteiger partial charge in [-0.05, 0) is 30.2 Å². The third-order valence-electron chi connectivity index (χ3n) is 2.47. The molecule has 5 heteroatoms. The van der Waals surface area contributed by atoms with Gasteiger partial charge in [0.1, 0.15) is 5.75 Å². The zero-order valence-corrected chi connectivity index (χ0v) is 12.0. The Morgan fingerprint density at radius 3 is 2.44 bits per heavy atom. The molecule has 0 spiro atoms. The van der Waals surface area contributed by atoms with E-state index in [1.54, 1.807) is 13.1 Å². The summed E-state index contributed by atoms with van der Waals surface area (Å²) in [5.74, 6) is -0.0867. The van der Waals surface area contributed by atoms with Gasteiger partial charge in [-0.3, -0.25) is 4.79 Å². The van der Waals surface area contributed by atoms with Crippen LogP contribution in [0.15, 0.2) is 18.2 Å². The quantitative estimate of drug-likeness (QED) is 0.740. The molecule has 0 atom stereocenters. The minimum Gasteiger partial charge on any atom is -0.506 e. The van der Waals surface area contributed by atoms with Crippen LogP contribution in [0, 0.1) is 0 Å². The van der Waals surface area contributed by atoms with Crippen molar-refractivity contribution in [3.05, 3.63) is 23.8 Å². The monoisotopic (exact) mass is 272 g/mol. The second-order valence-electron chi connectivity index (χ2n) is 5.06. The van der Waals surface area contributed by atoms with Gasteiger partial charge in [0.15, 0.2) is 0 Å². The normalized spacial score (nSPS) is 10.7. The van der Waals surface area contributed by atoms with Crippen LogP contribution in [0.25, 0.3) is 0 Å². The van der Waals surface area contributed by atoms with Gasteiger partial charge in [0.2, 0.25) is 5.91 Å². The molecule has 0 saturated carbocycles. The molecule has 0 aliphatic carbocycles. The fourth-order valence-electron chi connectivity index (χ4n) is 1.46. The summed E-state index contributed by atoms with van der Waals surface area (Å²) >= 11 is 0. The van der Waals surface area contributed by atoms with Gasteiger partial charge in [0.05, 0.1) is 12.2 Å². The predicted molar refractivity (Wildman–Crippen MR) is 76.6 cm³/mol. The fourth-order valence-corrected chi connectivity index (χ4v) is 1.46. The zero-order valence-electron chi connectivity index (χ0n) is 11.2. The van der Waals surface area contributed by atoms with Crippen LogP contribution in [0.2, 0.25) is 0 Å². The highest BCUT2D eigenvalue weighted by atomic mass is 35.5. The number of benzene rings is 1. The van der Waals surface area contributed by atoms with Crippen LogP contribution in [0.4, 0.5) is 5.69 Å². The van der Waals surface area contributed by atoms with E-state index in [1.807, 2.05) is 12.1 Å². The summed E-state index contributed by atoms with van der Waals surface area (Å²) < 4.78 is 0. The van der Waals surface area contributed by atoms with Crippen molar-refractivity contribution in [2.45, 2.75) is 26.2 Å². The molecule has 0 aromatic heterocycles. The average molecular weight is 273 g/mol. The van der Waals surface area contributed by atoms with Gasteiger partial charge in [0.25, 0.3) is 0 Å². The SMILES string of the molecule is CNCC(=O)Nc1cc(C(C)(C)C)ccc1O.Cl. The third-order valence-corrected chi connectivity index (χ3v) is 2.47. The zero-order chi connectivity index (χ0) is 13.1. The van der Waals surface area contributed by atoms with Crippen molar-refractivity contribution in [3.63, 3.8) is 0 Å². The predicted octanol–water partition coefficient (Wildman–Crippen LogP) is 2.27. The summed E-state index contributed by atoms with van der Waals surface area (Å²) in [6, 6.07) is 5.28. The molecular weight excluding hydrogens is 252 g/mol. The molecule has 0 radical (unpaired) electrons. The molecule has 0 aliphatic rings. The number of phenols is 1. The Morgan fingerprint density at radius 2 is 1.94 bits per heavy atom. The lowest BCUT2D eigenvalue weighted by Gasteiger charge is -2.20. The molecule has 18 heavy (non-hydrogen) atoms. The van der Waals surface area contributed by atoms with Gasteiger partial charge < -0.3 is 15.7 Å². The molecule has 0 fully saturated rings. The summed E-state index contributed by atoms with van der Waals surface area (Å²) in [5.41, 5.74) is 1.50. The Morgan fingerprint density at radius 1 is 1.33 bits per heavy atom. The number of anilines is 1. The first kappa shape index (κ1) is 16.7. The molecular formula is C13H21ClN2O2. The maximum absolute atomic E-state index is 11.4. The molecule has 1 rings (SSSR count). The summed E-state index contributed by atoms with van der Waals surface area (Å²) in [6.45, 7) is 6.47. The van der Waals surface area contributed by atoms with Gasteiger partial charge in [-0.1, -0.05) is 26.8 Å². The van der Waals surface area contributed by atoms with Gasteiger partial charge in [0, 0.05) is 0 Å². The topological polar surface area (TPSA) is 61.4 Å². The molecule has 102 valence electrons. The Labute approximate surface area is 114 Å². The largest absolute Gasteiger partial charge is 0.506 e. The minimum atomic E-state index is -0.172. The van der Waals surface area contributed by atoms with Crippen molar-refractivity contribution in [2.24, 2.45) is 0 Å². The molecule has 0 heterocycles. The standard InChI is InChI=1S/C13H20N2O2.ClH/c1-13(2,3)9-5-6-11(16)10(7-9)15-12(17)8-14-4;/h5-7,14,16H,8H2,1-4H3,(H,15,17);1H. The van der Waals surface area contributed by atoms with E-state index in [9.17, 15) is 9.90 Å². The maximum Gasteiger partial charge on any atom is 0.238 e. The van der Waals surface area contributed by atoms with E-state index in [0.29, 0.717) is 5.69 Å². The van der Waals surface area contributed by atoms with Crippen LogP contribution in [-0.2, 0) is 10.2 Å². The second-order valence-corrected chi connectivity index (χ2v) is 5.06. The van der Waals surface area contributed by atoms with Crippen LogP contribution >= 0.6 is 12.4 Å². The number of phenolic OH excluding ortho intramolecular Hbond substituents is 1. The van der Waals surface area contributed by atoms with Crippen LogP contribution in [0.5, 0.6) is 5.75 Å². The number of halogens is 1. The number of carbonyl (C=O) groups is 1. The summed E-state index contributed by atoms with van der Waals surface area (Å²) in [6.07, 6.45) is 0. The Hall–Kier alpha value is -1.26. The van der Waals surface area contributed by atoms with E-state index in [0.717, 1.165) is 5.56 Å². The second kappa shape index (κ2) is 6.61. The first-order chi connectivity index (χ1) is 7.84. The number of hydrogen-bond acceptors (Lipinski definition) is 3. The average Bonchev–Trinajstić information content (AvgIpc) is 2.20. The number of likely N-dealkylation sites (N-methyl/N-ethyl adjacent to an activating group) is 1. The lowest BCUT2D eigenvalue weighted by atomic mass is 9.87. The maximum atomic E-state index is 11.4. The lowest BCUT2D eigenvalue weighted by molar-refractivity contribution is -0.115. The first-order valence-electron chi connectivity index (χ1n) is 5.62. The van der Waals surface area contributed by atoms with Gasteiger partial charge in [-0.2, -0.15) is 0 Å². The van der Waals surface area contributed by atoms with Crippen molar-refractivity contribution in [1.82, 2.24) is 5.32 Å². The van der Waals surface area contributed by atoms with Crippen LogP contribution in [0.3, 0.4) is 0 Å². The molecule has 0 aliphatic heterocycles. The Kier molecular flexibility index (Phi) is 6.15. The molecule has 1 amide bonds. The molecule has 0 bridgehead atoms. The highest BCUT2D eigenvalue weighted by molar-refractivity contribution is 5.93. The Bertz CT molecular complexity index is 414. The van der Waals surface area contributed by atoms with Gasteiger partial charge in [-0.15, -0.1) is 12.4 Å². The van der Waals surface area contributed by atoms with E-state index in [4.69, 9.17) is 0 Å². The van der Waals surface area contributed by atoms with Crippen molar-refractivity contribution in [3.8, 4) is 5.75 Å². The number of nitrogens with one attached hydrogen (secondary N) is 2. The van der Waals surface area contributed by atoms with E-state index >= 15 is 0 Å². The molecule has 1 aromatic rings. The number of hydrogen-bond donors (Lipinski definition) is 3. The van der Waals surface area contributed by atoms with Gasteiger partial charge >= 0.3 is 0 Å². The van der Waals surface area contributed by atoms with Gasteiger partial charge in [-0.25, -0.2) is 0 Å². The highest BCUT2D eigenvalue weighted by Crippen LogP contribution is 2.30. The molecule has 3 N–H and O–H groups in total. The van der Waals surface area contributed by atoms with Crippen LogP contribution < -0.4 is 10.6 Å². The highest BCUT2D eigenvalue weighted by Gasteiger charge is 2.16. The number of rotatable bonds is 3. The Balaban J connectivity index is 0.00000289. The van der Waals surface area contributed by atoms with E-state index in [2.05, 4.69) is 31.4 Å². The minimum absolute atomic E-state index is 0. The van der Waals surface area contributed by atoms with Crippen molar-refractivity contribution in [1.29, 1.82) is 0 Å². The number of amides is 1. The van der Waals surface area contributed by atoms with E-state index < -0.39 is 0 Å². The summed E-state index contributed by atoms with van der Waals surface area (Å²) in [4.78, 5) is 11.4. The van der Waals surface area contributed by atoms with Crippen molar-refractivity contribution < 1.29 is 9.90 Å². The van der Waals surface area contributed by atoms with E-state index in [1.165, 1.54) is 0 Å². The van der Waals surface area contributed by atoms with Crippen molar-refractivity contribution in [2.75, 3.05) is 18.9 Å². The third kappa shape index (κ3) is 4.55. The lowest BCUT2D eigenvalue weighted by Crippen LogP contribution is -2.25. The smallest absolute Gasteiger partial charge is 0.238 e. The molecule has 0 saturated heterocycles. The number of carbonyl (C=O) groups excluding carboxylic acids is 1. The summed E-state index contributed by atoms with van der Waals surface area (Å²) in [7, 11) is 1.70. The first-order valence-corrected chi connectivity index (χ1v) is 5.62. The summed E-state index contributed by atoms with van der Waals surface area (Å²) in [5, 5.41) is 15.1.